The number of halogens is 1. The molecule has 0 fully saturated rings. The van der Waals surface area contributed by atoms with Gasteiger partial charge < -0.3 is 10.5 Å². The Hall–Kier alpha value is -1.84. The van der Waals surface area contributed by atoms with Crippen LogP contribution in [0.5, 0.6) is 5.88 Å². The van der Waals surface area contributed by atoms with Crippen molar-refractivity contribution in [3.8, 4) is 5.88 Å². The van der Waals surface area contributed by atoms with E-state index in [2.05, 4.69) is 18.8 Å². The average molecular weight is 276 g/mol. The third-order valence-electron chi connectivity index (χ3n) is 3.90. The molecule has 108 valence electrons. The molecule has 1 aliphatic carbocycles. The van der Waals surface area contributed by atoms with Crippen molar-refractivity contribution in [1.82, 2.24) is 4.98 Å². The average Bonchev–Trinajstić information content (AvgIpc) is 2.42. The van der Waals surface area contributed by atoms with E-state index < -0.39 is 0 Å². The van der Waals surface area contributed by atoms with Gasteiger partial charge in [0.2, 0.25) is 5.88 Å². The Morgan fingerprint density at radius 1 is 1.40 bits per heavy atom. The highest BCUT2D eigenvalue weighted by atomic mass is 19.1. The van der Waals surface area contributed by atoms with Gasteiger partial charge in [0.05, 0.1) is 7.11 Å². The number of allylic oxidation sites excluding steroid dienone is 4. The van der Waals surface area contributed by atoms with Crippen LogP contribution in [-0.4, -0.2) is 12.1 Å². The number of hydrogen-bond donors (Lipinski definition) is 1. The van der Waals surface area contributed by atoms with Crippen LogP contribution < -0.4 is 10.5 Å². The molecule has 0 aromatic carbocycles. The van der Waals surface area contributed by atoms with Crippen molar-refractivity contribution in [1.29, 1.82) is 0 Å². The van der Waals surface area contributed by atoms with Crippen molar-refractivity contribution < 1.29 is 9.13 Å². The standard InChI is InChI=1S/C16H21FN2O/c1-9(2)15-10(3)13(17)8-12(16(15)18)11-5-6-19-14(7-11)20-4/h5-10,15H,18H2,1-4H3. The van der Waals surface area contributed by atoms with Gasteiger partial charge >= 0.3 is 0 Å². The summed E-state index contributed by atoms with van der Waals surface area (Å²) < 4.78 is 19.3. The second kappa shape index (κ2) is 5.65. The van der Waals surface area contributed by atoms with Crippen molar-refractivity contribution >= 4 is 5.57 Å². The molecule has 1 aromatic heterocycles. The zero-order chi connectivity index (χ0) is 14.9. The van der Waals surface area contributed by atoms with Crippen LogP contribution in [0.3, 0.4) is 0 Å². The van der Waals surface area contributed by atoms with E-state index in [1.54, 1.807) is 19.4 Å². The molecule has 0 radical (unpaired) electrons. The Morgan fingerprint density at radius 3 is 2.70 bits per heavy atom. The van der Waals surface area contributed by atoms with Gasteiger partial charge in [0.1, 0.15) is 5.83 Å². The molecular formula is C16H21FN2O. The molecule has 2 N–H and O–H groups in total. The Kier molecular flexibility index (Phi) is 4.12. The molecule has 0 saturated heterocycles. The summed E-state index contributed by atoms with van der Waals surface area (Å²) in [6, 6.07) is 3.60. The van der Waals surface area contributed by atoms with Gasteiger partial charge in [-0.1, -0.05) is 20.8 Å². The summed E-state index contributed by atoms with van der Waals surface area (Å²) in [5, 5.41) is 0. The molecule has 1 aliphatic rings. The first kappa shape index (κ1) is 14.6. The molecule has 2 unspecified atom stereocenters. The monoisotopic (exact) mass is 276 g/mol. The van der Waals surface area contributed by atoms with Gasteiger partial charge in [0.15, 0.2) is 0 Å². The summed E-state index contributed by atoms with van der Waals surface area (Å²) in [5.74, 6) is 0.486. The van der Waals surface area contributed by atoms with Crippen molar-refractivity contribution in [2.75, 3.05) is 7.11 Å². The number of aromatic nitrogens is 1. The number of ether oxygens (including phenoxy) is 1. The van der Waals surface area contributed by atoms with Crippen molar-refractivity contribution in [3.05, 3.63) is 41.5 Å². The summed E-state index contributed by atoms with van der Waals surface area (Å²) >= 11 is 0. The topological polar surface area (TPSA) is 48.1 Å². The van der Waals surface area contributed by atoms with Gasteiger partial charge in [-0.2, -0.15) is 0 Å². The van der Waals surface area contributed by atoms with Crippen LogP contribution in [0.4, 0.5) is 4.39 Å². The predicted molar refractivity (Wildman–Crippen MR) is 78.6 cm³/mol. The third-order valence-corrected chi connectivity index (χ3v) is 3.90. The minimum Gasteiger partial charge on any atom is -0.481 e. The van der Waals surface area contributed by atoms with Crippen LogP contribution in [0.25, 0.3) is 5.57 Å². The molecule has 2 rings (SSSR count). The van der Waals surface area contributed by atoms with Crippen LogP contribution >= 0.6 is 0 Å². The van der Waals surface area contributed by atoms with E-state index in [4.69, 9.17) is 10.5 Å². The van der Waals surface area contributed by atoms with Crippen molar-refractivity contribution in [3.63, 3.8) is 0 Å². The molecule has 1 heterocycles. The Balaban J connectivity index is 2.52. The first-order valence-corrected chi connectivity index (χ1v) is 6.82. The fraction of sp³-hybridized carbons (Fsp3) is 0.438. The Morgan fingerprint density at radius 2 is 2.10 bits per heavy atom. The van der Waals surface area contributed by atoms with Crippen LogP contribution in [0.15, 0.2) is 35.9 Å². The summed E-state index contributed by atoms with van der Waals surface area (Å²) in [5.41, 5.74) is 8.62. The molecule has 3 nitrogen and oxygen atoms in total. The normalized spacial score (nSPS) is 23.0. The molecule has 4 heteroatoms. The number of nitrogens with zero attached hydrogens (tertiary/aromatic N) is 1. The minimum absolute atomic E-state index is 0.00848. The van der Waals surface area contributed by atoms with Crippen LogP contribution in [0.2, 0.25) is 0 Å². The van der Waals surface area contributed by atoms with E-state index in [1.807, 2.05) is 13.0 Å². The van der Waals surface area contributed by atoms with Gasteiger partial charge in [-0.3, -0.25) is 0 Å². The number of nitrogens with two attached hydrogens (primary N) is 1. The van der Waals surface area contributed by atoms with Crippen LogP contribution in [-0.2, 0) is 0 Å². The van der Waals surface area contributed by atoms with E-state index in [0.29, 0.717) is 5.88 Å². The van der Waals surface area contributed by atoms with E-state index in [-0.39, 0.29) is 23.6 Å². The molecule has 0 saturated carbocycles. The summed E-state index contributed by atoms with van der Waals surface area (Å²) in [6.07, 6.45) is 3.18. The Bertz CT molecular complexity index is 563. The molecule has 20 heavy (non-hydrogen) atoms. The second-order valence-corrected chi connectivity index (χ2v) is 5.54. The highest BCUT2D eigenvalue weighted by Crippen LogP contribution is 2.40. The highest BCUT2D eigenvalue weighted by Gasteiger charge is 2.32. The van der Waals surface area contributed by atoms with E-state index in [1.165, 1.54) is 6.08 Å². The molecule has 0 amide bonds. The molecule has 1 aromatic rings. The largest absolute Gasteiger partial charge is 0.481 e. The van der Waals surface area contributed by atoms with Gasteiger partial charge in [-0.25, -0.2) is 9.37 Å². The van der Waals surface area contributed by atoms with E-state index in [9.17, 15) is 4.39 Å². The fourth-order valence-electron chi connectivity index (χ4n) is 2.85. The maximum atomic E-state index is 14.2. The zero-order valence-corrected chi connectivity index (χ0v) is 12.4. The van der Waals surface area contributed by atoms with E-state index >= 15 is 0 Å². The van der Waals surface area contributed by atoms with Gasteiger partial charge in [-0.15, -0.1) is 0 Å². The first-order valence-electron chi connectivity index (χ1n) is 6.82. The van der Waals surface area contributed by atoms with E-state index in [0.717, 1.165) is 16.8 Å². The maximum absolute atomic E-state index is 14.2. The quantitative estimate of drug-likeness (QED) is 0.918. The molecule has 2 atom stereocenters. The summed E-state index contributed by atoms with van der Waals surface area (Å²) in [4.78, 5) is 4.07. The number of hydrogen-bond acceptors (Lipinski definition) is 3. The molecule has 0 bridgehead atoms. The molecule has 0 spiro atoms. The SMILES string of the molecule is COc1cc(C2=C(N)C(C(C)C)C(C)C(F)=C2)ccn1. The van der Waals surface area contributed by atoms with Crippen LogP contribution in [0, 0.1) is 17.8 Å². The van der Waals surface area contributed by atoms with Gasteiger partial charge in [-0.05, 0) is 23.6 Å². The van der Waals surface area contributed by atoms with Crippen LogP contribution in [0.1, 0.15) is 26.3 Å². The number of pyridine rings is 1. The Labute approximate surface area is 119 Å². The summed E-state index contributed by atoms with van der Waals surface area (Å²) in [7, 11) is 1.56. The second-order valence-electron chi connectivity index (χ2n) is 5.54. The smallest absolute Gasteiger partial charge is 0.213 e. The van der Waals surface area contributed by atoms with Gasteiger partial charge in [0.25, 0.3) is 0 Å². The number of rotatable bonds is 3. The number of methoxy groups -OCH3 is 1. The zero-order valence-electron chi connectivity index (χ0n) is 12.4. The fourth-order valence-corrected chi connectivity index (χ4v) is 2.85. The summed E-state index contributed by atoms with van der Waals surface area (Å²) in [6.45, 7) is 6.02. The molecular weight excluding hydrogens is 255 g/mol. The lowest BCUT2D eigenvalue weighted by atomic mass is 9.75. The lowest BCUT2D eigenvalue weighted by molar-refractivity contribution is 0.306. The third kappa shape index (κ3) is 2.55. The predicted octanol–water partition coefficient (Wildman–Crippen LogP) is 3.54. The lowest BCUT2D eigenvalue weighted by Gasteiger charge is -2.32. The van der Waals surface area contributed by atoms with Gasteiger partial charge in [0, 0.05) is 35.4 Å². The maximum Gasteiger partial charge on any atom is 0.213 e. The lowest BCUT2D eigenvalue weighted by Crippen LogP contribution is -2.28. The van der Waals surface area contributed by atoms with Crippen molar-refractivity contribution in [2.45, 2.75) is 20.8 Å². The highest BCUT2D eigenvalue weighted by molar-refractivity contribution is 5.78. The first-order chi connectivity index (χ1) is 9.45. The van der Waals surface area contributed by atoms with Crippen molar-refractivity contribution in [2.24, 2.45) is 23.5 Å². The minimum atomic E-state index is -0.178. The molecule has 0 aliphatic heterocycles.